The summed E-state index contributed by atoms with van der Waals surface area (Å²) in [4.78, 5) is 5.39. The molecular weight excluding hydrogens is 587 g/mol. The molecule has 0 saturated carbocycles. The van der Waals surface area contributed by atoms with Crippen LogP contribution in [-0.2, 0) is 0 Å². The summed E-state index contributed by atoms with van der Waals surface area (Å²) in [5.41, 5.74) is 12.9. The molecule has 1 unspecified atom stereocenters. The Morgan fingerprint density at radius 2 is 1.19 bits per heavy atom. The highest BCUT2D eigenvalue weighted by Gasteiger charge is 2.25. The number of hydrogen-bond acceptors (Lipinski definition) is 3. The Balaban J connectivity index is 1.11. The monoisotopic (exact) mass is 615 g/mol. The molecule has 0 aliphatic carbocycles. The first-order valence-corrected chi connectivity index (χ1v) is 16.3. The van der Waals surface area contributed by atoms with Crippen molar-refractivity contribution >= 4 is 55.1 Å². The molecule has 1 aliphatic heterocycles. The number of aliphatic imine (C=N–C) groups is 1. The van der Waals surface area contributed by atoms with E-state index in [0.717, 1.165) is 55.7 Å². The molecule has 4 heteroatoms. The summed E-state index contributed by atoms with van der Waals surface area (Å²) in [5, 5.41) is 8.39. The van der Waals surface area contributed by atoms with Gasteiger partial charge in [-0.2, -0.15) is 0 Å². The van der Waals surface area contributed by atoms with Crippen molar-refractivity contribution in [2.24, 2.45) is 4.99 Å². The van der Waals surface area contributed by atoms with E-state index in [0.29, 0.717) is 0 Å². The third-order valence-electron chi connectivity index (χ3n) is 9.64. The molecule has 9 aromatic rings. The zero-order chi connectivity index (χ0) is 31.6. The molecule has 0 bridgehead atoms. The molecule has 226 valence electrons. The van der Waals surface area contributed by atoms with Crippen LogP contribution in [0.2, 0.25) is 0 Å². The van der Waals surface area contributed by atoms with Gasteiger partial charge in [-0.3, -0.25) is 4.99 Å². The molecule has 1 atom stereocenters. The van der Waals surface area contributed by atoms with Gasteiger partial charge in [-0.15, -0.1) is 0 Å². The lowest BCUT2D eigenvalue weighted by Crippen LogP contribution is -2.20. The summed E-state index contributed by atoms with van der Waals surface area (Å²) in [6.45, 7) is 0. The molecule has 1 N–H and O–H groups in total. The second-order valence-corrected chi connectivity index (χ2v) is 12.4. The van der Waals surface area contributed by atoms with E-state index in [4.69, 9.17) is 9.41 Å². The Labute approximate surface area is 277 Å². The molecule has 0 fully saturated rings. The summed E-state index contributed by atoms with van der Waals surface area (Å²) in [7, 11) is 0. The minimum absolute atomic E-state index is 0.287. The summed E-state index contributed by atoms with van der Waals surface area (Å²) < 4.78 is 8.92. The Bertz CT molecular complexity index is 2640. The van der Waals surface area contributed by atoms with Crippen molar-refractivity contribution < 1.29 is 4.42 Å². The van der Waals surface area contributed by atoms with Crippen molar-refractivity contribution in [1.82, 2.24) is 4.57 Å². The van der Waals surface area contributed by atoms with Crippen LogP contribution in [0, 0.1) is 0 Å². The summed E-state index contributed by atoms with van der Waals surface area (Å²) in [6, 6.07) is 57.7. The molecule has 0 saturated heterocycles. The van der Waals surface area contributed by atoms with Crippen LogP contribution in [0.15, 0.2) is 173 Å². The van der Waals surface area contributed by atoms with Crippen LogP contribution in [0.3, 0.4) is 0 Å². The average Bonchev–Trinajstić information content (AvgIpc) is 3.70. The first kappa shape index (κ1) is 26.8. The predicted molar refractivity (Wildman–Crippen MR) is 198 cm³/mol. The number of aromatic nitrogens is 1. The van der Waals surface area contributed by atoms with Crippen LogP contribution in [0.1, 0.15) is 22.9 Å². The Hall–Kier alpha value is -6.39. The van der Waals surface area contributed by atoms with E-state index >= 15 is 0 Å². The van der Waals surface area contributed by atoms with Gasteiger partial charge in [-0.05, 0) is 47.5 Å². The molecule has 0 radical (unpaired) electrons. The van der Waals surface area contributed by atoms with Gasteiger partial charge < -0.3 is 14.3 Å². The van der Waals surface area contributed by atoms with Crippen molar-refractivity contribution in [3.05, 3.63) is 180 Å². The Kier molecular flexibility index (Phi) is 5.90. The van der Waals surface area contributed by atoms with Crippen LogP contribution in [-0.4, -0.2) is 10.3 Å². The maximum Gasteiger partial charge on any atom is 0.146 e. The number of rotatable bonds is 4. The molecule has 0 amide bonds. The van der Waals surface area contributed by atoms with E-state index in [1.165, 1.54) is 32.9 Å². The number of para-hydroxylation sites is 3. The molecule has 0 spiro atoms. The number of nitrogens with zero attached hydrogens (tertiary/aromatic N) is 2. The molecule has 10 rings (SSSR count). The Morgan fingerprint density at radius 3 is 1.98 bits per heavy atom. The normalized spacial score (nSPS) is 14.3. The topological polar surface area (TPSA) is 42.5 Å². The first-order chi connectivity index (χ1) is 23.8. The lowest BCUT2D eigenvalue weighted by Gasteiger charge is -2.26. The van der Waals surface area contributed by atoms with Crippen LogP contribution >= 0.6 is 0 Å². The van der Waals surface area contributed by atoms with Crippen LogP contribution < -0.4 is 5.32 Å². The van der Waals surface area contributed by atoms with Gasteiger partial charge in [0.05, 0.1) is 16.7 Å². The van der Waals surface area contributed by atoms with Gasteiger partial charge in [0.1, 0.15) is 17.3 Å². The largest absolute Gasteiger partial charge is 0.456 e. The summed E-state index contributed by atoms with van der Waals surface area (Å²) >= 11 is 0. The van der Waals surface area contributed by atoms with E-state index in [1.807, 2.05) is 6.07 Å². The quantitative estimate of drug-likeness (QED) is 0.214. The number of fused-ring (bicyclic) bond motifs is 7. The van der Waals surface area contributed by atoms with E-state index in [-0.39, 0.29) is 6.17 Å². The highest BCUT2D eigenvalue weighted by molar-refractivity contribution is 6.17. The van der Waals surface area contributed by atoms with Gasteiger partial charge in [0.15, 0.2) is 0 Å². The zero-order valence-electron chi connectivity index (χ0n) is 26.0. The van der Waals surface area contributed by atoms with Gasteiger partial charge >= 0.3 is 0 Å². The maximum atomic E-state index is 6.59. The first-order valence-electron chi connectivity index (χ1n) is 16.3. The number of hydrogen-bond donors (Lipinski definition) is 1. The number of benzene rings is 7. The standard InChI is InChI=1S/C44H29N3O/c1-2-11-28(12-3-1)29-21-23-30(24-22-29)43-34-15-4-7-17-37(34)45-44(46-43)36-16-10-20-40-42(36)35-26-25-31(27-41(35)48-40)47-38-18-8-5-13-32(38)33-14-6-9-19-39(33)47/h1-27,44-45H. The third-order valence-corrected chi connectivity index (χ3v) is 9.64. The van der Waals surface area contributed by atoms with Crippen LogP contribution in [0.4, 0.5) is 5.69 Å². The fourth-order valence-corrected chi connectivity index (χ4v) is 7.43. The second kappa shape index (κ2) is 10.6. The highest BCUT2D eigenvalue weighted by atomic mass is 16.3. The van der Waals surface area contributed by atoms with Crippen molar-refractivity contribution in [3.8, 4) is 16.8 Å². The number of nitrogens with one attached hydrogen (secondary N) is 1. The molecule has 48 heavy (non-hydrogen) atoms. The SMILES string of the molecule is c1ccc(-c2ccc(C3=NC(c4cccc5oc6cc(-n7c8ccccc8c8ccccc87)ccc6c45)Nc4ccccc43)cc2)cc1. The van der Waals surface area contributed by atoms with E-state index < -0.39 is 0 Å². The lowest BCUT2D eigenvalue weighted by molar-refractivity contribution is 0.668. The maximum absolute atomic E-state index is 6.59. The molecule has 4 nitrogen and oxygen atoms in total. The molecule has 7 aromatic carbocycles. The summed E-state index contributed by atoms with van der Waals surface area (Å²) in [6.07, 6.45) is -0.287. The van der Waals surface area contributed by atoms with Crippen LogP contribution in [0.25, 0.3) is 60.6 Å². The van der Waals surface area contributed by atoms with Crippen LogP contribution in [0.5, 0.6) is 0 Å². The number of anilines is 1. The zero-order valence-corrected chi connectivity index (χ0v) is 26.0. The highest BCUT2D eigenvalue weighted by Crippen LogP contribution is 2.40. The van der Waals surface area contributed by atoms with Gasteiger partial charge in [0, 0.05) is 55.7 Å². The minimum atomic E-state index is -0.287. The fraction of sp³-hybridized carbons (Fsp3) is 0.0227. The van der Waals surface area contributed by atoms with E-state index in [1.54, 1.807) is 0 Å². The Morgan fingerprint density at radius 1 is 0.521 bits per heavy atom. The summed E-state index contributed by atoms with van der Waals surface area (Å²) in [5.74, 6) is 0. The third kappa shape index (κ3) is 4.13. The van der Waals surface area contributed by atoms with E-state index in [9.17, 15) is 0 Å². The predicted octanol–water partition coefficient (Wildman–Crippen LogP) is 11.3. The fourth-order valence-electron chi connectivity index (χ4n) is 7.43. The van der Waals surface area contributed by atoms with Crippen molar-refractivity contribution in [1.29, 1.82) is 0 Å². The molecule has 1 aliphatic rings. The lowest BCUT2D eigenvalue weighted by atomic mass is 9.95. The second-order valence-electron chi connectivity index (χ2n) is 12.4. The van der Waals surface area contributed by atoms with Gasteiger partial charge in [-0.1, -0.05) is 121 Å². The van der Waals surface area contributed by atoms with Gasteiger partial charge in [0.2, 0.25) is 0 Å². The van der Waals surface area contributed by atoms with Gasteiger partial charge in [0.25, 0.3) is 0 Å². The number of furan rings is 1. The average molecular weight is 616 g/mol. The van der Waals surface area contributed by atoms with E-state index in [2.05, 4.69) is 168 Å². The molecule has 3 heterocycles. The van der Waals surface area contributed by atoms with Crippen molar-refractivity contribution in [2.45, 2.75) is 6.17 Å². The van der Waals surface area contributed by atoms with Crippen molar-refractivity contribution in [3.63, 3.8) is 0 Å². The van der Waals surface area contributed by atoms with Gasteiger partial charge in [-0.25, -0.2) is 0 Å². The molecular formula is C44H29N3O. The minimum Gasteiger partial charge on any atom is -0.456 e. The molecule has 2 aromatic heterocycles. The van der Waals surface area contributed by atoms with Crippen molar-refractivity contribution in [2.75, 3.05) is 5.32 Å². The smallest absolute Gasteiger partial charge is 0.146 e.